The molecule has 0 saturated carbocycles. The standard InChI is InChI=1S/C16H34O2/c1-8-10-15(4,5)12-17-13-16(6,7)18-11-9-14(2)3/h14H,8-13H2,1-7H3. The van der Waals surface area contributed by atoms with Crippen LogP contribution in [0.1, 0.15) is 67.7 Å². The van der Waals surface area contributed by atoms with E-state index in [0.717, 1.165) is 19.6 Å². The lowest BCUT2D eigenvalue weighted by atomic mass is 9.89. The van der Waals surface area contributed by atoms with Gasteiger partial charge in [0, 0.05) is 6.61 Å². The van der Waals surface area contributed by atoms with Gasteiger partial charge in [0.2, 0.25) is 0 Å². The molecule has 0 bridgehead atoms. The minimum atomic E-state index is -0.169. The molecular formula is C16H34O2. The van der Waals surface area contributed by atoms with Gasteiger partial charge in [-0.3, -0.25) is 0 Å². The Kier molecular flexibility index (Phi) is 8.13. The summed E-state index contributed by atoms with van der Waals surface area (Å²) in [4.78, 5) is 0. The van der Waals surface area contributed by atoms with Crippen LogP contribution in [0.4, 0.5) is 0 Å². The van der Waals surface area contributed by atoms with Crippen LogP contribution in [0.25, 0.3) is 0 Å². The van der Waals surface area contributed by atoms with Crippen molar-refractivity contribution in [3.63, 3.8) is 0 Å². The molecule has 0 radical (unpaired) electrons. The summed E-state index contributed by atoms with van der Waals surface area (Å²) in [7, 11) is 0. The Hall–Kier alpha value is -0.0800. The van der Waals surface area contributed by atoms with Crippen LogP contribution in [0, 0.1) is 11.3 Å². The number of ether oxygens (including phenoxy) is 2. The predicted octanol–water partition coefficient (Wildman–Crippen LogP) is 4.67. The third kappa shape index (κ3) is 9.90. The van der Waals surface area contributed by atoms with Crippen molar-refractivity contribution in [1.29, 1.82) is 0 Å². The molecule has 0 aromatic carbocycles. The van der Waals surface area contributed by atoms with E-state index < -0.39 is 0 Å². The molecule has 0 rings (SSSR count). The molecule has 110 valence electrons. The Morgan fingerprint density at radius 1 is 1.00 bits per heavy atom. The van der Waals surface area contributed by atoms with Gasteiger partial charge in [0.25, 0.3) is 0 Å². The molecule has 0 spiro atoms. The van der Waals surface area contributed by atoms with Gasteiger partial charge >= 0.3 is 0 Å². The van der Waals surface area contributed by atoms with Crippen molar-refractivity contribution in [1.82, 2.24) is 0 Å². The Morgan fingerprint density at radius 2 is 1.61 bits per heavy atom. The first kappa shape index (κ1) is 17.9. The van der Waals surface area contributed by atoms with Crippen molar-refractivity contribution in [3.05, 3.63) is 0 Å². The van der Waals surface area contributed by atoms with E-state index in [4.69, 9.17) is 9.47 Å². The fourth-order valence-electron chi connectivity index (χ4n) is 1.93. The van der Waals surface area contributed by atoms with E-state index in [-0.39, 0.29) is 11.0 Å². The fourth-order valence-corrected chi connectivity index (χ4v) is 1.93. The van der Waals surface area contributed by atoms with Crippen LogP contribution < -0.4 is 0 Å². The van der Waals surface area contributed by atoms with E-state index in [1.54, 1.807) is 0 Å². The second kappa shape index (κ2) is 8.16. The van der Waals surface area contributed by atoms with E-state index in [1.165, 1.54) is 12.8 Å². The van der Waals surface area contributed by atoms with Crippen molar-refractivity contribution in [2.45, 2.75) is 73.3 Å². The molecule has 18 heavy (non-hydrogen) atoms. The summed E-state index contributed by atoms with van der Waals surface area (Å²) >= 11 is 0. The molecule has 0 aliphatic carbocycles. The molecule has 0 unspecified atom stereocenters. The number of rotatable bonds is 10. The highest BCUT2D eigenvalue weighted by molar-refractivity contribution is 4.71. The normalized spacial score (nSPS) is 13.3. The van der Waals surface area contributed by atoms with Gasteiger partial charge in [0.05, 0.1) is 18.8 Å². The van der Waals surface area contributed by atoms with Gasteiger partial charge < -0.3 is 9.47 Å². The largest absolute Gasteiger partial charge is 0.378 e. The molecule has 2 nitrogen and oxygen atoms in total. The van der Waals surface area contributed by atoms with Crippen LogP contribution in [0.15, 0.2) is 0 Å². The minimum Gasteiger partial charge on any atom is -0.378 e. The van der Waals surface area contributed by atoms with Crippen molar-refractivity contribution in [2.24, 2.45) is 11.3 Å². The summed E-state index contributed by atoms with van der Waals surface area (Å²) < 4.78 is 11.7. The van der Waals surface area contributed by atoms with Gasteiger partial charge in [-0.1, -0.05) is 41.0 Å². The monoisotopic (exact) mass is 258 g/mol. The first-order valence-electron chi connectivity index (χ1n) is 7.40. The van der Waals surface area contributed by atoms with Crippen LogP contribution in [0.2, 0.25) is 0 Å². The van der Waals surface area contributed by atoms with E-state index in [9.17, 15) is 0 Å². The highest BCUT2D eigenvalue weighted by Gasteiger charge is 2.22. The lowest BCUT2D eigenvalue weighted by Gasteiger charge is -2.29. The Balaban J connectivity index is 3.82. The molecule has 0 saturated heterocycles. The van der Waals surface area contributed by atoms with Gasteiger partial charge in [0.15, 0.2) is 0 Å². The van der Waals surface area contributed by atoms with Crippen LogP contribution in [0.3, 0.4) is 0 Å². The lowest BCUT2D eigenvalue weighted by Crippen LogP contribution is -2.33. The van der Waals surface area contributed by atoms with Crippen LogP contribution in [-0.2, 0) is 9.47 Å². The Morgan fingerprint density at radius 3 is 2.11 bits per heavy atom. The average molecular weight is 258 g/mol. The van der Waals surface area contributed by atoms with Crippen molar-refractivity contribution >= 4 is 0 Å². The second-order valence-corrected chi connectivity index (χ2v) is 7.20. The van der Waals surface area contributed by atoms with Gasteiger partial charge in [0.1, 0.15) is 0 Å². The molecule has 0 aromatic heterocycles. The van der Waals surface area contributed by atoms with Crippen LogP contribution in [-0.4, -0.2) is 25.4 Å². The van der Waals surface area contributed by atoms with Gasteiger partial charge in [-0.2, -0.15) is 0 Å². The topological polar surface area (TPSA) is 18.5 Å². The maximum atomic E-state index is 5.89. The Bertz CT molecular complexity index is 207. The van der Waals surface area contributed by atoms with Gasteiger partial charge in [-0.15, -0.1) is 0 Å². The summed E-state index contributed by atoms with van der Waals surface area (Å²) in [6.07, 6.45) is 3.54. The number of hydrogen-bond acceptors (Lipinski definition) is 2. The van der Waals surface area contributed by atoms with E-state index >= 15 is 0 Å². The van der Waals surface area contributed by atoms with Crippen molar-refractivity contribution < 1.29 is 9.47 Å². The number of hydrogen-bond donors (Lipinski definition) is 0. The zero-order valence-corrected chi connectivity index (χ0v) is 13.6. The average Bonchev–Trinajstić information content (AvgIpc) is 2.15. The van der Waals surface area contributed by atoms with Crippen molar-refractivity contribution in [3.8, 4) is 0 Å². The summed E-state index contributed by atoms with van der Waals surface area (Å²) in [6, 6.07) is 0. The molecule has 0 amide bonds. The summed E-state index contributed by atoms with van der Waals surface area (Å²) in [6.45, 7) is 17.7. The molecule has 0 aromatic rings. The quantitative estimate of drug-likeness (QED) is 0.567. The molecule has 0 fully saturated rings. The maximum Gasteiger partial charge on any atom is 0.0858 e. The fraction of sp³-hybridized carbons (Fsp3) is 1.00. The highest BCUT2D eigenvalue weighted by atomic mass is 16.5. The molecule has 2 heteroatoms. The molecule has 0 atom stereocenters. The molecule has 0 aliphatic heterocycles. The predicted molar refractivity (Wildman–Crippen MR) is 79.0 cm³/mol. The lowest BCUT2D eigenvalue weighted by molar-refractivity contribution is -0.0892. The molecular weight excluding hydrogens is 224 g/mol. The van der Waals surface area contributed by atoms with E-state index in [0.29, 0.717) is 12.5 Å². The zero-order valence-electron chi connectivity index (χ0n) is 13.6. The minimum absolute atomic E-state index is 0.169. The van der Waals surface area contributed by atoms with Crippen LogP contribution >= 0.6 is 0 Å². The zero-order chi connectivity index (χ0) is 14.2. The first-order chi connectivity index (χ1) is 8.18. The van der Waals surface area contributed by atoms with Crippen molar-refractivity contribution in [2.75, 3.05) is 19.8 Å². The summed E-state index contributed by atoms with van der Waals surface area (Å²) in [5.41, 5.74) is 0.111. The van der Waals surface area contributed by atoms with Gasteiger partial charge in [-0.05, 0) is 38.0 Å². The van der Waals surface area contributed by atoms with E-state index in [2.05, 4.69) is 48.5 Å². The molecule has 0 N–H and O–H groups in total. The van der Waals surface area contributed by atoms with Gasteiger partial charge in [-0.25, -0.2) is 0 Å². The van der Waals surface area contributed by atoms with E-state index in [1.807, 2.05) is 0 Å². The summed E-state index contributed by atoms with van der Waals surface area (Å²) in [5.74, 6) is 0.699. The summed E-state index contributed by atoms with van der Waals surface area (Å²) in [5, 5.41) is 0. The molecule has 0 heterocycles. The SMILES string of the molecule is CCCC(C)(C)COCC(C)(C)OCCC(C)C. The molecule has 0 aliphatic rings. The third-order valence-electron chi connectivity index (χ3n) is 3.06. The maximum absolute atomic E-state index is 5.89. The van der Waals surface area contributed by atoms with Crippen LogP contribution in [0.5, 0.6) is 0 Å². The third-order valence-corrected chi connectivity index (χ3v) is 3.06. The highest BCUT2D eigenvalue weighted by Crippen LogP contribution is 2.23. The smallest absolute Gasteiger partial charge is 0.0858 e. The second-order valence-electron chi connectivity index (χ2n) is 7.20. The first-order valence-corrected chi connectivity index (χ1v) is 7.40. The Labute approximate surface area is 114 Å².